The minimum Gasteiger partial charge on any atom is -0.307 e. The SMILES string of the molecule is CN(C)Cc1cccc(-c2nn(C)c3[nH]c(=O)c4c(c23)CCCC4)c1. The fourth-order valence-corrected chi connectivity index (χ4v) is 3.95. The van der Waals surface area contributed by atoms with E-state index in [2.05, 4.69) is 48.2 Å². The number of fused-ring (bicyclic) bond motifs is 3. The number of nitrogens with one attached hydrogen (secondary N) is 1. The summed E-state index contributed by atoms with van der Waals surface area (Å²) in [5.74, 6) is 0. The van der Waals surface area contributed by atoms with E-state index >= 15 is 0 Å². The van der Waals surface area contributed by atoms with Crippen LogP contribution in [0.5, 0.6) is 0 Å². The largest absolute Gasteiger partial charge is 0.307 e. The highest BCUT2D eigenvalue weighted by atomic mass is 16.1. The number of aromatic amines is 1. The molecule has 0 unspecified atom stereocenters. The zero-order chi connectivity index (χ0) is 17.6. The van der Waals surface area contributed by atoms with Crippen LogP contribution in [0.25, 0.3) is 22.3 Å². The molecule has 3 aromatic rings. The number of hydrogen-bond acceptors (Lipinski definition) is 3. The van der Waals surface area contributed by atoms with Crippen molar-refractivity contribution in [1.29, 1.82) is 0 Å². The lowest BCUT2D eigenvalue weighted by molar-refractivity contribution is 0.402. The van der Waals surface area contributed by atoms with Crippen molar-refractivity contribution in [3.63, 3.8) is 0 Å². The molecule has 1 aromatic carbocycles. The molecule has 0 atom stereocenters. The Labute approximate surface area is 147 Å². The molecule has 0 radical (unpaired) electrons. The summed E-state index contributed by atoms with van der Waals surface area (Å²) in [6, 6.07) is 8.56. The lowest BCUT2D eigenvalue weighted by Crippen LogP contribution is -2.19. The first kappa shape index (κ1) is 16.1. The molecule has 0 saturated heterocycles. The topological polar surface area (TPSA) is 53.9 Å². The van der Waals surface area contributed by atoms with E-state index in [0.29, 0.717) is 0 Å². The summed E-state index contributed by atoms with van der Waals surface area (Å²) >= 11 is 0. The molecule has 4 rings (SSSR count). The maximum Gasteiger partial charge on any atom is 0.253 e. The van der Waals surface area contributed by atoms with Crippen molar-refractivity contribution in [1.82, 2.24) is 19.7 Å². The van der Waals surface area contributed by atoms with Gasteiger partial charge in [0.1, 0.15) is 11.3 Å². The Kier molecular flexibility index (Phi) is 3.96. The van der Waals surface area contributed by atoms with Gasteiger partial charge in [0.25, 0.3) is 5.56 Å². The Morgan fingerprint density at radius 1 is 1.20 bits per heavy atom. The summed E-state index contributed by atoms with van der Waals surface area (Å²) < 4.78 is 1.81. The van der Waals surface area contributed by atoms with Gasteiger partial charge >= 0.3 is 0 Å². The number of hydrogen-bond donors (Lipinski definition) is 1. The molecule has 1 aliphatic carbocycles. The van der Waals surface area contributed by atoms with E-state index in [1.54, 1.807) is 4.68 Å². The van der Waals surface area contributed by atoms with Crippen LogP contribution in [0.1, 0.15) is 29.5 Å². The predicted octanol–water partition coefficient (Wildman–Crippen LogP) is 2.87. The minimum absolute atomic E-state index is 0.0538. The van der Waals surface area contributed by atoms with Crippen LogP contribution in [0.15, 0.2) is 29.1 Å². The molecule has 1 aliphatic rings. The van der Waals surface area contributed by atoms with Gasteiger partial charge in [-0.15, -0.1) is 0 Å². The molecule has 0 amide bonds. The van der Waals surface area contributed by atoms with Crippen LogP contribution >= 0.6 is 0 Å². The second-order valence-corrected chi connectivity index (χ2v) is 7.25. The van der Waals surface area contributed by atoms with Gasteiger partial charge in [-0.25, -0.2) is 0 Å². The molecule has 5 heteroatoms. The van der Waals surface area contributed by atoms with Crippen LogP contribution in [-0.4, -0.2) is 33.8 Å². The van der Waals surface area contributed by atoms with Crippen LogP contribution in [0, 0.1) is 0 Å². The van der Waals surface area contributed by atoms with E-state index in [1.165, 1.54) is 11.1 Å². The van der Waals surface area contributed by atoms with Gasteiger partial charge in [-0.1, -0.05) is 18.2 Å². The van der Waals surface area contributed by atoms with E-state index in [0.717, 1.165) is 60.1 Å². The molecule has 25 heavy (non-hydrogen) atoms. The van der Waals surface area contributed by atoms with E-state index in [9.17, 15) is 4.79 Å². The summed E-state index contributed by atoms with van der Waals surface area (Å²) in [6.07, 6.45) is 4.07. The second kappa shape index (κ2) is 6.15. The third kappa shape index (κ3) is 2.78. The molecule has 130 valence electrons. The zero-order valence-electron chi connectivity index (χ0n) is 15.1. The molecule has 2 heterocycles. The highest BCUT2D eigenvalue weighted by Gasteiger charge is 2.22. The third-order valence-electron chi connectivity index (χ3n) is 5.02. The van der Waals surface area contributed by atoms with Crippen LogP contribution in [0.2, 0.25) is 0 Å². The van der Waals surface area contributed by atoms with E-state index in [1.807, 2.05) is 7.05 Å². The van der Waals surface area contributed by atoms with Crippen molar-refractivity contribution in [2.75, 3.05) is 14.1 Å². The Bertz CT molecular complexity index is 997. The summed E-state index contributed by atoms with van der Waals surface area (Å²) in [4.78, 5) is 17.7. The number of benzene rings is 1. The van der Waals surface area contributed by atoms with Gasteiger partial charge in [0.2, 0.25) is 0 Å². The fourth-order valence-electron chi connectivity index (χ4n) is 3.95. The minimum atomic E-state index is 0.0538. The smallest absolute Gasteiger partial charge is 0.253 e. The Morgan fingerprint density at radius 2 is 1.96 bits per heavy atom. The predicted molar refractivity (Wildman–Crippen MR) is 101 cm³/mol. The molecule has 0 spiro atoms. The van der Waals surface area contributed by atoms with Crippen molar-refractivity contribution in [3.8, 4) is 11.3 Å². The Balaban J connectivity index is 1.95. The maximum atomic E-state index is 12.4. The van der Waals surface area contributed by atoms with Crippen molar-refractivity contribution in [2.45, 2.75) is 32.2 Å². The molecule has 0 aliphatic heterocycles. The lowest BCUT2D eigenvalue weighted by Gasteiger charge is -2.16. The molecular weight excluding hydrogens is 312 g/mol. The van der Waals surface area contributed by atoms with Gasteiger partial charge in [0, 0.05) is 30.1 Å². The standard InChI is InChI=1S/C20H24N4O/c1-23(2)12-13-7-6-8-14(11-13)18-17-15-9-4-5-10-16(15)20(25)21-19(17)24(3)22-18/h6-8,11H,4-5,9-10,12H2,1-3H3,(H,21,25). The van der Waals surface area contributed by atoms with Crippen molar-refractivity contribution in [2.24, 2.45) is 7.05 Å². The van der Waals surface area contributed by atoms with E-state index < -0.39 is 0 Å². The monoisotopic (exact) mass is 336 g/mol. The molecule has 0 fully saturated rings. The van der Waals surface area contributed by atoms with Crippen LogP contribution in [0.4, 0.5) is 0 Å². The van der Waals surface area contributed by atoms with Gasteiger partial charge in [0.15, 0.2) is 0 Å². The number of rotatable bonds is 3. The first-order valence-electron chi connectivity index (χ1n) is 8.89. The van der Waals surface area contributed by atoms with Gasteiger partial charge < -0.3 is 9.88 Å². The second-order valence-electron chi connectivity index (χ2n) is 7.25. The fraction of sp³-hybridized carbons (Fsp3) is 0.400. The van der Waals surface area contributed by atoms with Crippen molar-refractivity contribution in [3.05, 3.63) is 51.3 Å². The molecule has 5 nitrogen and oxygen atoms in total. The molecule has 2 aromatic heterocycles. The highest BCUT2D eigenvalue weighted by Crippen LogP contribution is 2.33. The quantitative estimate of drug-likeness (QED) is 0.800. The maximum absolute atomic E-state index is 12.4. The summed E-state index contributed by atoms with van der Waals surface area (Å²) in [5.41, 5.74) is 6.40. The van der Waals surface area contributed by atoms with E-state index in [-0.39, 0.29) is 5.56 Å². The van der Waals surface area contributed by atoms with Crippen molar-refractivity contribution >= 4 is 11.0 Å². The number of nitrogens with zero attached hydrogens (tertiary/aromatic N) is 3. The van der Waals surface area contributed by atoms with Crippen LogP contribution in [0.3, 0.4) is 0 Å². The van der Waals surface area contributed by atoms with E-state index in [4.69, 9.17) is 5.10 Å². The molecule has 0 bridgehead atoms. The third-order valence-corrected chi connectivity index (χ3v) is 5.02. The number of aryl methyl sites for hydroxylation is 2. The zero-order valence-corrected chi connectivity index (χ0v) is 15.1. The number of aromatic nitrogens is 3. The number of H-pyrrole nitrogens is 1. The Morgan fingerprint density at radius 3 is 2.72 bits per heavy atom. The summed E-state index contributed by atoms with van der Waals surface area (Å²) in [5, 5.41) is 5.89. The van der Waals surface area contributed by atoms with Crippen LogP contribution in [-0.2, 0) is 26.4 Å². The normalized spacial score (nSPS) is 14.2. The van der Waals surface area contributed by atoms with Crippen molar-refractivity contribution < 1.29 is 0 Å². The highest BCUT2D eigenvalue weighted by molar-refractivity contribution is 5.94. The lowest BCUT2D eigenvalue weighted by atomic mass is 9.89. The van der Waals surface area contributed by atoms with Gasteiger partial charge in [-0.3, -0.25) is 9.48 Å². The van der Waals surface area contributed by atoms with Gasteiger partial charge in [-0.2, -0.15) is 5.10 Å². The first-order valence-corrected chi connectivity index (χ1v) is 8.89. The summed E-state index contributed by atoms with van der Waals surface area (Å²) in [7, 11) is 6.05. The summed E-state index contributed by atoms with van der Waals surface area (Å²) in [6.45, 7) is 0.896. The van der Waals surface area contributed by atoms with Crippen LogP contribution < -0.4 is 5.56 Å². The first-order chi connectivity index (χ1) is 12.0. The van der Waals surface area contributed by atoms with Gasteiger partial charge in [-0.05, 0) is 57.0 Å². The Hall–Kier alpha value is -2.40. The molecular formula is C20H24N4O. The van der Waals surface area contributed by atoms with Gasteiger partial charge in [0.05, 0.1) is 0 Å². The average Bonchev–Trinajstić information content (AvgIpc) is 2.92. The average molecular weight is 336 g/mol. The molecule has 1 N–H and O–H groups in total. The molecule has 0 saturated carbocycles. The number of pyridine rings is 1.